The van der Waals surface area contributed by atoms with Gasteiger partial charge in [0.15, 0.2) is 0 Å². The number of carbonyl (C=O) groups is 2. The van der Waals surface area contributed by atoms with Gasteiger partial charge in [0.2, 0.25) is 11.8 Å². The van der Waals surface area contributed by atoms with Crippen LogP contribution in [0.2, 0.25) is 0 Å². The first-order valence-electron chi connectivity index (χ1n) is 6.29. The van der Waals surface area contributed by atoms with Crippen LogP contribution in [0.25, 0.3) is 0 Å². The third kappa shape index (κ3) is 5.09. The third-order valence-electron chi connectivity index (χ3n) is 2.94. The van der Waals surface area contributed by atoms with Gasteiger partial charge in [-0.15, -0.1) is 0 Å². The van der Waals surface area contributed by atoms with E-state index in [-0.39, 0.29) is 18.2 Å². The summed E-state index contributed by atoms with van der Waals surface area (Å²) in [6, 6.07) is 9.07. The van der Waals surface area contributed by atoms with Crippen LogP contribution in [-0.4, -0.2) is 43.4 Å². The lowest BCUT2D eigenvalue weighted by atomic mass is 10.1. The molecule has 1 aromatic rings. The predicted octanol–water partition coefficient (Wildman–Crippen LogP) is 0.151. The zero-order chi connectivity index (χ0) is 14.3. The minimum atomic E-state index is -0.572. The van der Waals surface area contributed by atoms with Crippen LogP contribution < -0.4 is 11.1 Å². The highest BCUT2D eigenvalue weighted by Gasteiger charge is 2.18. The third-order valence-corrected chi connectivity index (χ3v) is 2.94. The Hall–Kier alpha value is -1.88. The molecular formula is C14H21N3O2. The van der Waals surface area contributed by atoms with Gasteiger partial charge in [-0.1, -0.05) is 30.3 Å². The Bertz CT molecular complexity index is 420. The standard InChI is InChI=1S/C14H21N3O2/c1-16-13(18)8-9-17(2)14(19)12(15)10-11-6-4-3-5-7-11/h3-7,12H,8-10,15H2,1-2H3,(H,16,18). The SMILES string of the molecule is CNC(=O)CCN(C)C(=O)C(N)Cc1ccccc1. The van der Waals surface area contributed by atoms with Gasteiger partial charge < -0.3 is 16.0 Å². The highest BCUT2D eigenvalue weighted by atomic mass is 16.2. The van der Waals surface area contributed by atoms with Crippen molar-refractivity contribution >= 4 is 11.8 Å². The molecule has 0 fully saturated rings. The normalized spacial score (nSPS) is 11.7. The quantitative estimate of drug-likeness (QED) is 0.767. The second-order valence-electron chi connectivity index (χ2n) is 4.48. The molecule has 3 N–H and O–H groups in total. The highest BCUT2D eigenvalue weighted by Crippen LogP contribution is 2.04. The van der Waals surface area contributed by atoms with Crippen molar-refractivity contribution in [3.05, 3.63) is 35.9 Å². The lowest BCUT2D eigenvalue weighted by molar-refractivity contribution is -0.131. The summed E-state index contributed by atoms with van der Waals surface area (Å²) in [6.07, 6.45) is 0.792. The van der Waals surface area contributed by atoms with E-state index in [0.717, 1.165) is 5.56 Å². The zero-order valence-corrected chi connectivity index (χ0v) is 11.4. The van der Waals surface area contributed by atoms with Crippen LogP contribution >= 0.6 is 0 Å². The molecule has 1 unspecified atom stereocenters. The molecule has 1 atom stereocenters. The zero-order valence-electron chi connectivity index (χ0n) is 11.4. The average molecular weight is 263 g/mol. The smallest absolute Gasteiger partial charge is 0.239 e. The maximum Gasteiger partial charge on any atom is 0.239 e. The fourth-order valence-corrected chi connectivity index (χ4v) is 1.74. The number of nitrogens with zero attached hydrogens (tertiary/aromatic N) is 1. The van der Waals surface area contributed by atoms with Crippen molar-refractivity contribution < 1.29 is 9.59 Å². The minimum absolute atomic E-state index is 0.0868. The summed E-state index contributed by atoms with van der Waals surface area (Å²) >= 11 is 0. The van der Waals surface area contributed by atoms with Gasteiger partial charge in [0.1, 0.15) is 0 Å². The number of rotatable bonds is 6. The number of benzene rings is 1. The number of nitrogens with one attached hydrogen (secondary N) is 1. The van der Waals surface area contributed by atoms with Crippen molar-refractivity contribution in [3.8, 4) is 0 Å². The van der Waals surface area contributed by atoms with Crippen LogP contribution in [0.5, 0.6) is 0 Å². The van der Waals surface area contributed by atoms with E-state index < -0.39 is 6.04 Å². The van der Waals surface area contributed by atoms with Gasteiger partial charge in [-0.25, -0.2) is 0 Å². The van der Waals surface area contributed by atoms with Gasteiger partial charge in [0, 0.05) is 27.1 Å². The molecule has 0 saturated heterocycles. The van der Waals surface area contributed by atoms with Crippen molar-refractivity contribution in [3.63, 3.8) is 0 Å². The summed E-state index contributed by atoms with van der Waals surface area (Å²) in [5.41, 5.74) is 6.93. The molecule has 2 amide bonds. The summed E-state index contributed by atoms with van der Waals surface area (Å²) in [5, 5.41) is 2.52. The van der Waals surface area contributed by atoms with Gasteiger partial charge >= 0.3 is 0 Å². The van der Waals surface area contributed by atoms with Gasteiger partial charge in [-0.05, 0) is 12.0 Å². The molecule has 0 spiro atoms. The number of hydrogen-bond acceptors (Lipinski definition) is 3. The number of nitrogens with two attached hydrogens (primary N) is 1. The van der Waals surface area contributed by atoms with E-state index in [4.69, 9.17) is 5.73 Å². The predicted molar refractivity (Wildman–Crippen MR) is 74.4 cm³/mol. The van der Waals surface area contributed by atoms with Crippen molar-refractivity contribution in [1.82, 2.24) is 10.2 Å². The van der Waals surface area contributed by atoms with Crippen LogP contribution in [0.4, 0.5) is 0 Å². The summed E-state index contributed by atoms with van der Waals surface area (Å²) in [5.74, 6) is -0.232. The van der Waals surface area contributed by atoms with Crippen LogP contribution in [0.1, 0.15) is 12.0 Å². The van der Waals surface area contributed by atoms with Crippen LogP contribution in [0.15, 0.2) is 30.3 Å². The molecule has 104 valence electrons. The van der Waals surface area contributed by atoms with E-state index in [1.54, 1.807) is 14.1 Å². The molecule has 0 aliphatic rings. The second-order valence-corrected chi connectivity index (χ2v) is 4.48. The summed E-state index contributed by atoms with van der Waals surface area (Å²) in [4.78, 5) is 24.6. The number of hydrogen-bond donors (Lipinski definition) is 2. The van der Waals surface area contributed by atoms with E-state index >= 15 is 0 Å². The Kier molecular flexibility index (Phi) is 6.02. The molecule has 0 aromatic heterocycles. The Balaban J connectivity index is 2.45. The van der Waals surface area contributed by atoms with Gasteiger partial charge in [0.05, 0.1) is 6.04 Å². The first-order chi connectivity index (χ1) is 9.04. The fraction of sp³-hybridized carbons (Fsp3) is 0.429. The molecule has 5 heteroatoms. The van der Waals surface area contributed by atoms with Crippen LogP contribution in [-0.2, 0) is 16.0 Å². The van der Waals surface area contributed by atoms with Gasteiger partial charge in [0.25, 0.3) is 0 Å². The maximum atomic E-state index is 12.0. The Morgan fingerprint density at radius 2 is 1.95 bits per heavy atom. The molecule has 0 saturated carbocycles. The molecule has 19 heavy (non-hydrogen) atoms. The van der Waals surface area contributed by atoms with Crippen molar-refractivity contribution in [1.29, 1.82) is 0 Å². The highest BCUT2D eigenvalue weighted by molar-refractivity contribution is 5.82. The summed E-state index contributed by atoms with van der Waals surface area (Å²) in [7, 11) is 3.24. The van der Waals surface area contributed by atoms with E-state index in [2.05, 4.69) is 5.32 Å². The van der Waals surface area contributed by atoms with Crippen molar-refractivity contribution in [2.75, 3.05) is 20.6 Å². The summed E-state index contributed by atoms with van der Waals surface area (Å²) < 4.78 is 0. The topological polar surface area (TPSA) is 75.4 Å². The molecule has 1 rings (SSSR count). The van der Waals surface area contributed by atoms with Crippen LogP contribution in [0.3, 0.4) is 0 Å². The largest absolute Gasteiger partial charge is 0.359 e. The lowest BCUT2D eigenvalue weighted by Crippen LogP contribution is -2.44. The Labute approximate surface area is 113 Å². The molecule has 1 aromatic carbocycles. The number of likely N-dealkylation sites (N-methyl/N-ethyl adjacent to an activating group) is 1. The Morgan fingerprint density at radius 1 is 1.32 bits per heavy atom. The Morgan fingerprint density at radius 3 is 2.53 bits per heavy atom. The first-order valence-corrected chi connectivity index (χ1v) is 6.29. The van der Waals surface area contributed by atoms with E-state index in [1.165, 1.54) is 4.90 Å². The summed E-state index contributed by atoms with van der Waals surface area (Å²) in [6.45, 7) is 0.376. The number of amides is 2. The number of carbonyl (C=O) groups excluding carboxylic acids is 2. The minimum Gasteiger partial charge on any atom is -0.359 e. The van der Waals surface area contributed by atoms with Gasteiger partial charge in [-0.2, -0.15) is 0 Å². The van der Waals surface area contributed by atoms with Crippen LogP contribution in [0, 0.1) is 0 Å². The second kappa shape index (κ2) is 7.53. The molecule has 5 nitrogen and oxygen atoms in total. The molecule has 0 aliphatic carbocycles. The molecule has 0 bridgehead atoms. The van der Waals surface area contributed by atoms with E-state index in [1.807, 2.05) is 30.3 Å². The van der Waals surface area contributed by atoms with Crippen molar-refractivity contribution in [2.24, 2.45) is 5.73 Å². The first kappa shape index (κ1) is 15.2. The van der Waals surface area contributed by atoms with Gasteiger partial charge in [-0.3, -0.25) is 9.59 Å². The molecule has 0 heterocycles. The van der Waals surface area contributed by atoms with E-state index in [0.29, 0.717) is 13.0 Å². The maximum absolute atomic E-state index is 12.0. The monoisotopic (exact) mass is 263 g/mol. The van der Waals surface area contributed by atoms with Crippen molar-refractivity contribution in [2.45, 2.75) is 18.9 Å². The lowest BCUT2D eigenvalue weighted by Gasteiger charge is -2.21. The molecular weight excluding hydrogens is 242 g/mol. The average Bonchev–Trinajstić information content (AvgIpc) is 2.44. The molecule has 0 aliphatic heterocycles. The fourth-order valence-electron chi connectivity index (χ4n) is 1.74. The molecule has 0 radical (unpaired) electrons. The van der Waals surface area contributed by atoms with E-state index in [9.17, 15) is 9.59 Å².